The zero-order valence-electron chi connectivity index (χ0n) is 11.5. The quantitative estimate of drug-likeness (QED) is 0.715. The second kappa shape index (κ2) is 6.76. The molecule has 0 amide bonds. The van der Waals surface area contributed by atoms with E-state index in [4.69, 9.17) is 4.74 Å². The van der Waals surface area contributed by atoms with Gasteiger partial charge in [0.2, 0.25) is 0 Å². The highest BCUT2D eigenvalue weighted by Crippen LogP contribution is 2.20. The Bertz CT molecular complexity index is 346. The number of ether oxygens (including phenoxy) is 1. The Morgan fingerprint density at radius 3 is 2.61 bits per heavy atom. The van der Waals surface area contributed by atoms with Gasteiger partial charge in [0.25, 0.3) is 0 Å². The van der Waals surface area contributed by atoms with Crippen LogP contribution in [0.5, 0.6) is 0 Å². The molecule has 0 saturated heterocycles. The molecular formula is C15H24N2O. The van der Waals surface area contributed by atoms with Gasteiger partial charge in [0, 0.05) is 38.5 Å². The molecule has 0 bridgehead atoms. The number of anilines is 1. The molecule has 0 heterocycles. The van der Waals surface area contributed by atoms with Crippen molar-refractivity contribution >= 4 is 5.69 Å². The van der Waals surface area contributed by atoms with E-state index in [1.54, 1.807) is 0 Å². The van der Waals surface area contributed by atoms with Crippen molar-refractivity contribution in [1.29, 1.82) is 0 Å². The predicted molar refractivity (Wildman–Crippen MR) is 76.1 cm³/mol. The van der Waals surface area contributed by atoms with Crippen LogP contribution in [0.15, 0.2) is 24.3 Å². The van der Waals surface area contributed by atoms with Gasteiger partial charge in [-0.3, -0.25) is 0 Å². The van der Waals surface area contributed by atoms with Crippen LogP contribution in [0, 0.1) is 0 Å². The first-order chi connectivity index (χ1) is 8.79. The molecule has 0 spiro atoms. The van der Waals surface area contributed by atoms with Crippen molar-refractivity contribution in [2.45, 2.75) is 32.4 Å². The van der Waals surface area contributed by atoms with Crippen molar-refractivity contribution < 1.29 is 4.74 Å². The Hall–Kier alpha value is -1.06. The van der Waals surface area contributed by atoms with E-state index in [1.807, 2.05) is 6.92 Å². The van der Waals surface area contributed by atoms with Crippen molar-refractivity contribution in [3.8, 4) is 0 Å². The normalized spacial score (nSPS) is 14.8. The van der Waals surface area contributed by atoms with Crippen LogP contribution in [0.1, 0.15) is 25.3 Å². The number of hydrogen-bond acceptors (Lipinski definition) is 3. The molecule has 0 radical (unpaired) electrons. The number of benzene rings is 1. The summed E-state index contributed by atoms with van der Waals surface area (Å²) in [5.74, 6) is 0. The highest BCUT2D eigenvalue weighted by atomic mass is 16.5. The number of nitrogens with zero attached hydrogens (tertiary/aromatic N) is 1. The van der Waals surface area contributed by atoms with Crippen LogP contribution >= 0.6 is 0 Å². The third kappa shape index (κ3) is 4.31. The summed E-state index contributed by atoms with van der Waals surface area (Å²) in [6.07, 6.45) is 2.69. The molecule has 2 rings (SSSR count). The van der Waals surface area contributed by atoms with Gasteiger partial charge in [0.15, 0.2) is 0 Å². The van der Waals surface area contributed by atoms with Crippen molar-refractivity contribution in [1.82, 2.24) is 5.32 Å². The van der Waals surface area contributed by atoms with Gasteiger partial charge in [0.05, 0.1) is 6.61 Å². The minimum absolute atomic E-state index is 0.776. The maximum absolute atomic E-state index is 5.37. The lowest BCUT2D eigenvalue weighted by Gasteiger charge is -2.19. The monoisotopic (exact) mass is 248 g/mol. The fraction of sp³-hybridized carbons (Fsp3) is 0.600. The van der Waals surface area contributed by atoms with Crippen LogP contribution in [0.25, 0.3) is 0 Å². The third-order valence-electron chi connectivity index (χ3n) is 3.32. The maximum atomic E-state index is 5.37. The summed E-state index contributed by atoms with van der Waals surface area (Å²) in [7, 11) is 2.11. The fourth-order valence-corrected chi connectivity index (χ4v) is 1.89. The van der Waals surface area contributed by atoms with Gasteiger partial charge in [-0.05, 0) is 37.5 Å². The lowest BCUT2D eigenvalue weighted by atomic mass is 10.2. The minimum Gasteiger partial charge on any atom is -0.380 e. The van der Waals surface area contributed by atoms with E-state index in [0.29, 0.717) is 0 Å². The zero-order chi connectivity index (χ0) is 12.8. The number of rotatable bonds is 8. The topological polar surface area (TPSA) is 24.5 Å². The van der Waals surface area contributed by atoms with Crippen molar-refractivity contribution in [2.24, 2.45) is 0 Å². The average molecular weight is 248 g/mol. The molecule has 1 fully saturated rings. The van der Waals surface area contributed by atoms with Crippen LogP contribution in [0.3, 0.4) is 0 Å². The molecule has 1 N–H and O–H groups in total. The molecule has 1 aromatic carbocycles. The minimum atomic E-state index is 0.776. The third-order valence-corrected chi connectivity index (χ3v) is 3.32. The highest BCUT2D eigenvalue weighted by Gasteiger charge is 2.19. The van der Waals surface area contributed by atoms with Gasteiger partial charge >= 0.3 is 0 Å². The van der Waals surface area contributed by atoms with Crippen molar-refractivity contribution in [3.05, 3.63) is 29.8 Å². The van der Waals surface area contributed by atoms with Crippen molar-refractivity contribution in [2.75, 3.05) is 31.7 Å². The maximum Gasteiger partial charge on any atom is 0.0641 e. The lowest BCUT2D eigenvalue weighted by molar-refractivity contribution is 0.154. The molecule has 0 unspecified atom stereocenters. The van der Waals surface area contributed by atoms with Crippen molar-refractivity contribution in [3.63, 3.8) is 0 Å². The van der Waals surface area contributed by atoms with Gasteiger partial charge in [-0.2, -0.15) is 0 Å². The summed E-state index contributed by atoms with van der Waals surface area (Å²) in [6.45, 7) is 5.54. The first kappa shape index (κ1) is 13.4. The molecule has 1 saturated carbocycles. The summed E-state index contributed by atoms with van der Waals surface area (Å²) < 4.78 is 5.37. The van der Waals surface area contributed by atoms with Crippen LogP contribution in [-0.4, -0.2) is 32.8 Å². The molecule has 3 heteroatoms. The predicted octanol–water partition coefficient (Wildman–Crippen LogP) is 2.41. The van der Waals surface area contributed by atoms with E-state index in [2.05, 4.69) is 41.5 Å². The van der Waals surface area contributed by atoms with E-state index in [-0.39, 0.29) is 0 Å². The molecule has 0 aliphatic heterocycles. The molecule has 1 aliphatic rings. The standard InChI is InChI=1S/C15H24N2O/c1-3-18-11-10-17(2)15-8-4-13(5-9-15)12-16-14-6-7-14/h4-5,8-9,14,16H,3,6-7,10-12H2,1-2H3. The summed E-state index contributed by atoms with van der Waals surface area (Å²) in [5.41, 5.74) is 2.62. The molecule has 1 aliphatic carbocycles. The fourth-order valence-electron chi connectivity index (χ4n) is 1.89. The Balaban J connectivity index is 1.77. The molecule has 0 aromatic heterocycles. The van der Waals surface area contributed by atoms with Crippen LogP contribution in [0.4, 0.5) is 5.69 Å². The van der Waals surface area contributed by atoms with Crippen LogP contribution in [-0.2, 0) is 11.3 Å². The number of likely N-dealkylation sites (N-methyl/N-ethyl adjacent to an activating group) is 1. The van der Waals surface area contributed by atoms with Crippen LogP contribution in [0.2, 0.25) is 0 Å². The van der Waals surface area contributed by atoms with E-state index in [1.165, 1.54) is 24.1 Å². The first-order valence-electron chi connectivity index (χ1n) is 6.91. The molecule has 1 aromatic rings. The SMILES string of the molecule is CCOCCN(C)c1ccc(CNC2CC2)cc1. The molecule has 18 heavy (non-hydrogen) atoms. The highest BCUT2D eigenvalue weighted by molar-refractivity contribution is 5.46. The Morgan fingerprint density at radius 1 is 1.28 bits per heavy atom. The van der Waals surface area contributed by atoms with E-state index in [9.17, 15) is 0 Å². The number of nitrogens with one attached hydrogen (secondary N) is 1. The largest absolute Gasteiger partial charge is 0.380 e. The molecule has 3 nitrogen and oxygen atoms in total. The number of hydrogen-bond donors (Lipinski definition) is 1. The van der Waals surface area contributed by atoms with Gasteiger partial charge in [-0.15, -0.1) is 0 Å². The summed E-state index contributed by atoms with van der Waals surface area (Å²) in [6, 6.07) is 9.58. The average Bonchev–Trinajstić information content (AvgIpc) is 3.21. The summed E-state index contributed by atoms with van der Waals surface area (Å²) >= 11 is 0. The van der Waals surface area contributed by atoms with E-state index < -0.39 is 0 Å². The van der Waals surface area contributed by atoms with E-state index in [0.717, 1.165) is 32.3 Å². The molecule has 100 valence electrons. The second-order valence-corrected chi connectivity index (χ2v) is 4.94. The van der Waals surface area contributed by atoms with E-state index >= 15 is 0 Å². The molecular weight excluding hydrogens is 224 g/mol. The Kier molecular flexibility index (Phi) is 5.02. The Labute approximate surface area is 110 Å². The zero-order valence-corrected chi connectivity index (χ0v) is 11.5. The molecule has 0 atom stereocenters. The summed E-state index contributed by atoms with van der Waals surface area (Å²) in [4.78, 5) is 2.23. The Morgan fingerprint density at radius 2 is 2.00 bits per heavy atom. The van der Waals surface area contributed by atoms with Crippen LogP contribution < -0.4 is 10.2 Å². The van der Waals surface area contributed by atoms with Gasteiger partial charge in [-0.1, -0.05) is 12.1 Å². The second-order valence-electron chi connectivity index (χ2n) is 4.94. The summed E-state index contributed by atoms with van der Waals surface area (Å²) in [5, 5.41) is 3.53. The lowest BCUT2D eigenvalue weighted by Crippen LogP contribution is -2.22. The first-order valence-corrected chi connectivity index (χ1v) is 6.91. The van der Waals surface area contributed by atoms with Gasteiger partial charge in [0.1, 0.15) is 0 Å². The van der Waals surface area contributed by atoms with Gasteiger partial charge < -0.3 is 15.0 Å². The van der Waals surface area contributed by atoms with Gasteiger partial charge in [-0.25, -0.2) is 0 Å². The smallest absolute Gasteiger partial charge is 0.0641 e.